The van der Waals surface area contributed by atoms with Crippen LogP contribution < -0.4 is 5.32 Å². The zero-order valence-electron chi connectivity index (χ0n) is 10.2. The second-order valence-corrected chi connectivity index (χ2v) is 5.08. The van der Waals surface area contributed by atoms with E-state index in [-0.39, 0.29) is 5.91 Å². The van der Waals surface area contributed by atoms with Crippen LogP contribution in [0.15, 0.2) is 18.5 Å². The predicted octanol–water partition coefficient (Wildman–Crippen LogP) is 1.58. The fourth-order valence-electron chi connectivity index (χ4n) is 2.47. The Morgan fingerprint density at radius 3 is 2.88 bits per heavy atom. The first kappa shape index (κ1) is 11.7. The van der Waals surface area contributed by atoms with E-state index >= 15 is 0 Å². The zero-order chi connectivity index (χ0) is 12.5. The maximum absolute atomic E-state index is 12.0. The van der Waals surface area contributed by atoms with Gasteiger partial charge in [-0.25, -0.2) is 0 Å². The lowest BCUT2D eigenvalue weighted by molar-refractivity contribution is -0.134. The van der Waals surface area contributed by atoms with Crippen LogP contribution in [0.4, 0.5) is 0 Å². The van der Waals surface area contributed by atoms with Gasteiger partial charge in [0.1, 0.15) is 5.41 Å². The number of rotatable bonds is 3. The molecule has 4 nitrogen and oxygen atoms in total. The summed E-state index contributed by atoms with van der Waals surface area (Å²) in [5, 5.41) is 12.0. The van der Waals surface area contributed by atoms with Crippen LogP contribution in [0.1, 0.15) is 25.3 Å². The van der Waals surface area contributed by atoms with E-state index in [1.807, 2.05) is 30.1 Å². The molecule has 2 rings (SSSR count). The molecule has 1 heterocycles. The van der Waals surface area contributed by atoms with Crippen LogP contribution in [0.5, 0.6) is 0 Å². The Morgan fingerprint density at radius 1 is 1.71 bits per heavy atom. The van der Waals surface area contributed by atoms with Gasteiger partial charge in [0.15, 0.2) is 0 Å². The molecule has 0 aromatic carbocycles. The third-order valence-electron chi connectivity index (χ3n) is 3.39. The molecule has 0 spiro atoms. The van der Waals surface area contributed by atoms with Gasteiger partial charge in [0.05, 0.1) is 6.07 Å². The van der Waals surface area contributed by atoms with Crippen molar-refractivity contribution in [1.29, 1.82) is 5.26 Å². The van der Waals surface area contributed by atoms with E-state index in [2.05, 4.69) is 18.3 Å². The summed E-state index contributed by atoms with van der Waals surface area (Å²) < 4.78 is 1.94. The number of hydrogen-bond donors (Lipinski definition) is 1. The molecule has 0 unspecified atom stereocenters. The molecule has 4 heteroatoms. The summed E-state index contributed by atoms with van der Waals surface area (Å²) in [6.45, 7) is 2.57. The molecule has 0 saturated heterocycles. The number of aromatic nitrogens is 1. The Hall–Kier alpha value is -1.76. The van der Waals surface area contributed by atoms with Crippen molar-refractivity contribution in [2.75, 3.05) is 0 Å². The Balaban J connectivity index is 1.92. The second-order valence-electron chi connectivity index (χ2n) is 5.08. The lowest BCUT2D eigenvalue weighted by Crippen LogP contribution is -2.47. The van der Waals surface area contributed by atoms with Gasteiger partial charge in [-0.05, 0) is 30.4 Å². The van der Waals surface area contributed by atoms with E-state index in [4.69, 9.17) is 5.26 Å². The van der Waals surface area contributed by atoms with Gasteiger partial charge >= 0.3 is 0 Å². The van der Waals surface area contributed by atoms with Gasteiger partial charge in [-0.1, -0.05) is 6.92 Å². The first-order valence-corrected chi connectivity index (χ1v) is 5.86. The largest absolute Gasteiger partial charge is 0.357 e. The van der Waals surface area contributed by atoms with E-state index in [1.165, 1.54) is 0 Å². The molecule has 0 radical (unpaired) electrons. The molecular formula is C13H17N3O. The third-order valence-corrected chi connectivity index (χ3v) is 3.39. The van der Waals surface area contributed by atoms with E-state index in [9.17, 15) is 4.79 Å². The number of nitrogens with zero attached hydrogens (tertiary/aromatic N) is 2. The molecule has 1 aliphatic carbocycles. The van der Waals surface area contributed by atoms with Crippen LogP contribution in [0.25, 0.3) is 0 Å². The normalized spacial score (nSPS) is 27.0. The summed E-state index contributed by atoms with van der Waals surface area (Å²) in [5.41, 5.74) is 0.287. The van der Waals surface area contributed by atoms with Crippen LogP contribution in [0.2, 0.25) is 0 Å². The van der Waals surface area contributed by atoms with Gasteiger partial charge in [0.2, 0.25) is 5.91 Å². The summed E-state index contributed by atoms with van der Waals surface area (Å²) in [6.07, 6.45) is 5.27. The van der Waals surface area contributed by atoms with Crippen LogP contribution in [-0.2, 0) is 18.4 Å². The molecular weight excluding hydrogens is 214 g/mol. The van der Waals surface area contributed by atoms with Gasteiger partial charge < -0.3 is 9.88 Å². The number of nitriles is 1. The highest BCUT2D eigenvalue weighted by atomic mass is 16.2. The van der Waals surface area contributed by atoms with Gasteiger partial charge in [-0.3, -0.25) is 4.79 Å². The summed E-state index contributed by atoms with van der Waals surface area (Å²) in [4.78, 5) is 12.0. The minimum atomic E-state index is -0.770. The van der Waals surface area contributed by atoms with Crippen LogP contribution >= 0.6 is 0 Å². The van der Waals surface area contributed by atoms with E-state index in [0.29, 0.717) is 25.3 Å². The highest BCUT2D eigenvalue weighted by Gasteiger charge is 2.48. The molecule has 0 bridgehead atoms. The van der Waals surface area contributed by atoms with Gasteiger partial charge in [-0.15, -0.1) is 0 Å². The van der Waals surface area contributed by atoms with Crippen LogP contribution in [0.3, 0.4) is 0 Å². The third kappa shape index (κ3) is 2.19. The number of carbonyl (C=O) groups is 1. The summed E-state index contributed by atoms with van der Waals surface area (Å²) >= 11 is 0. The summed E-state index contributed by atoms with van der Waals surface area (Å²) in [7, 11) is 1.94. The minimum absolute atomic E-state index is 0.123. The predicted molar refractivity (Wildman–Crippen MR) is 63.7 cm³/mol. The first-order chi connectivity index (χ1) is 8.05. The van der Waals surface area contributed by atoms with Crippen LogP contribution in [-0.4, -0.2) is 10.5 Å². The second kappa shape index (κ2) is 4.25. The number of amides is 1. The van der Waals surface area contributed by atoms with Crippen molar-refractivity contribution in [3.05, 3.63) is 24.0 Å². The van der Waals surface area contributed by atoms with Crippen molar-refractivity contribution in [3.63, 3.8) is 0 Å². The molecule has 1 N–H and O–H groups in total. The molecule has 0 atom stereocenters. The fraction of sp³-hybridized carbons (Fsp3) is 0.538. The molecule has 90 valence electrons. The molecule has 1 saturated carbocycles. The quantitative estimate of drug-likeness (QED) is 0.858. The molecule has 1 amide bonds. The minimum Gasteiger partial charge on any atom is -0.357 e. The Labute approximate surface area is 101 Å². The Morgan fingerprint density at radius 2 is 2.41 bits per heavy atom. The molecule has 1 fully saturated rings. The van der Waals surface area contributed by atoms with E-state index < -0.39 is 5.41 Å². The molecule has 1 aromatic rings. The maximum atomic E-state index is 12.0. The van der Waals surface area contributed by atoms with Crippen molar-refractivity contribution >= 4 is 5.91 Å². The van der Waals surface area contributed by atoms with Gasteiger partial charge in [0, 0.05) is 26.0 Å². The van der Waals surface area contributed by atoms with Crippen molar-refractivity contribution in [3.8, 4) is 6.07 Å². The summed E-state index contributed by atoms with van der Waals surface area (Å²) in [6, 6.07) is 4.13. The molecule has 17 heavy (non-hydrogen) atoms. The Bertz CT molecular complexity index is 463. The van der Waals surface area contributed by atoms with Gasteiger partial charge in [-0.2, -0.15) is 5.26 Å². The Kier molecular flexibility index (Phi) is 2.93. The smallest absolute Gasteiger partial charge is 0.240 e. The lowest BCUT2D eigenvalue weighted by Gasteiger charge is -2.39. The van der Waals surface area contributed by atoms with Crippen molar-refractivity contribution in [2.45, 2.75) is 26.3 Å². The highest BCUT2D eigenvalue weighted by molar-refractivity contribution is 5.86. The van der Waals surface area contributed by atoms with Gasteiger partial charge in [0.25, 0.3) is 0 Å². The highest BCUT2D eigenvalue weighted by Crippen LogP contribution is 2.45. The SMILES string of the molecule is CC1CC(C#N)(C(=O)NCc2ccn(C)c2)C1. The number of aryl methyl sites for hydroxylation is 1. The standard InChI is InChI=1S/C13H17N3O/c1-10-5-13(6-10,9-14)12(17)15-7-11-3-4-16(2)8-11/h3-4,8,10H,5-7H2,1-2H3,(H,15,17). The van der Waals surface area contributed by atoms with E-state index in [1.54, 1.807) is 0 Å². The topological polar surface area (TPSA) is 57.8 Å². The van der Waals surface area contributed by atoms with Crippen molar-refractivity contribution in [2.24, 2.45) is 18.4 Å². The van der Waals surface area contributed by atoms with E-state index in [0.717, 1.165) is 5.56 Å². The molecule has 0 aliphatic heterocycles. The first-order valence-electron chi connectivity index (χ1n) is 5.86. The monoisotopic (exact) mass is 231 g/mol. The number of nitrogens with one attached hydrogen (secondary N) is 1. The van der Waals surface area contributed by atoms with Crippen molar-refractivity contribution < 1.29 is 4.79 Å². The fourth-order valence-corrected chi connectivity index (χ4v) is 2.47. The zero-order valence-corrected chi connectivity index (χ0v) is 10.2. The van der Waals surface area contributed by atoms with Crippen LogP contribution in [0, 0.1) is 22.7 Å². The lowest BCUT2D eigenvalue weighted by atomic mass is 9.63. The average Bonchev–Trinajstić information content (AvgIpc) is 2.67. The number of carbonyl (C=O) groups excluding carboxylic acids is 1. The maximum Gasteiger partial charge on any atom is 0.240 e. The number of hydrogen-bond acceptors (Lipinski definition) is 2. The average molecular weight is 231 g/mol. The summed E-state index contributed by atoms with van der Waals surface area (Å²) in [5.74, 6) is 0.360. The molecule has 1 aromatic heterocycles. The molecule has 1 aliphatic rings. The van der Waals surface area contributed by atoms with Crippen molar-refractivity contribution in [1.82, 2.24) is 9.88 Å².